The van der Waals surface area contributed by atoms with E-state index in [-0.39, 0.29) is 0 Å². The number of anilines is 2. The summed E-state index contributed by atoms with van der Waals surface area (Å²) in [7, 11) is 0. The number of hydrogen-bond donors (Lipinski definition) is 3. The first-order valence-corrected chi connectivity index (χ1v) is 4.92. The van der Waals surface area contributed by atoms with Crippen LogP contribution in [0, 0.1) is 0 Å². The maximum absolute atomic E-state index is 5.75. The van der Waals surface area contributed by atoms with E-state index in [0.717, 1.165) is 5.69 Å². The van der Waals surface area contributed by atoms with E-state index in [1.165, 1.54) is 0 Å². The molecule has 0 aliphatic carbocycles. The molecule has 0 aromatic heterocycles. The molecule has 1 aromatic carbocycles. The van der Waals surface area contributed by atoms with Crippen molar-refractivity contribution < 1.29 is 0 Å². The lowest BCUT2D eigenvalue weighted by atomic mass is 10.3. The second-order valence-electron chi connectivity index (χ2n) is 3.34. The lowest BCUT2D eigenvalue weighted by Gasteiger charge is -2.14. The number of nitrogens with one attached hydrogen (secondary N) is 2. The number of thiocarbonyl (C=S) groups is 1. The van der Waals surface area contributed by atoms with Crippen molar-refractivity contribution >= 4 is 28.7 Å². The van der Waals surface area contributed by atoms with Crippen LogP contribution in [0.5, 0.6) is 0 Å². The topological polar surface area (TPSA) is 50.1 Å². The van der Waals surface area contributed by atoms with Crippen molar-refractivity contribution in [3.63, 3.8) is 0 Å². The molecular formula is C10H15N3S. The summed E-state index contributed by atoms with van der Waals surface area (Å²) in [5, 5.41) is 6.72. The predicted molar refractivity (Wildman–Crippen MR) is 65.3 cm³/mol. The molecule has 0 amide bonds. The normalized spacial score (nSPS) is 9.93. The third-order valence-electron chi connectivity index (χ3n) is 1.63. The first-order chi connectivity index (χ1) is 6.59. The monoisotopic (exact) mass is 209 g/mol. The molecule has 1 rings (SSSR count). The fraction of sp³-hybridized carbons (Fsp3) is 0.300. The summed E-state index contributed by atoms with van der Waals surface area (Å²) in [6.07, 6.45) is 0. The fourth-order valence-corrected chi connectivity index (χ4v) is 1.38. The molecule has 0 heterocycles. The fourth-order valence-electron chi connectivity index (χ4n) is 1.03. The van der Waals surface area contributed by atoms with Crippen LogP contribution in [0.15, 0.2) is 24.3 Å². The number of rotatable bonds is 2. The molecule has 0 saturated carbocycles. The van der Waals surface area contributed by atoms with Crippen LogP contribution >= 0.6 is 12.2 Å². The minimum atomic E-state index is 0.319. The Labute approximate surface area is 89.7 Å². The van der Waals surface area contributed by atoms with Gasteiger partial charge in [-0.25, -0.2) is 0 Å². The molecule has 0 bridgehead atoms. The largest absolute Gasteiger partial charge is 0.397 e. The number of nitrogens with two attached hydrogens (primary N) is 1. The van der Waals surface area contributed by atoms with Crippen molar-refractivity contribution in [2.45, 2.75) is 19.9 Å². The summed E-state index contributed by atoms with van der Waals surface area (Å²) < 4.78 is 0. The Hall–Kier alpha value is -1.29. The zero-order valence-electron chi connectivity index (χ0n) is 8.37. The van der Waals surface area contributed by atoms with E-state index in [2.05, 4.69) is 10.6 Å². The molecule has 0 unspecified atom stereocenters. The van der Waals surface area contributed by atoms with E-state index in [4.69, 9.17) is 18.0 Å². The van der Waals surface area contributed by atoms with Gasteiger partial charge in [-0.15, -0.1) is 0 Å². The average Bonchev–Trinajstić information content (AvgIpc) is 2.07. The van der Waals surface area contributed by atoms with Gasteiger partial charge in [-0.1, -0.05) is 12.1 Å². The van der Waals surface area contributed by atoms with Crippen LogP contribution in [0.2, 0.25) is 0 Å². The van der Waals surface area contributed by atoms with Crippen LogP contribution in [0.3, 0.4) is 0 Å². The summed E-state index contributed by atoms with van der Waals surface area (Å²) in [5.41, 5.74) is 7.28. The average molecular weight is 209 g/mol. The number of hydrogen-bond acceptors (Lipinski definition) is 2. The summed E-state index contributed by atoms with van der Waals surface area (Å²) in [4.78, 5) is 0. The lowest BCUT2D eigenvalue weighted by Crippen LogP contribution is -2.34. The second kappa shape index (κ2) is 4.81. The number of benzene rings is 1. The van der Waals surface area contributed by atoms with Crippen molar-refractivity contribution in [3.8, 4) is 0 Å². The Morgan fingerprint density at radius 1 is 1.36 bits per heavy atom. The molecule has 4 heteroatoms. The van der Waals surface area contributed by atoms with Crippen molar-refractivity contribution in [1.82, 2.24) is 5.32 Å². The molecule has 14 heavy (non-hydrogen) atoms. The minimum Gasteiger partial charge on any atom is -0.397 e. The first kappa shape index (κ1) is 10.8. The van der Waals surface area contributed by atoms with Crippen molar-refractivity contribution in [1.29, 1.82) is 0 Å². The lowest BCUT2D eigenvalue weighted by molar-refractivity contribution is 0.739. The molecule has 0 aliphatic rings. The van der Waals surface area contributed by atoms with Gasteiger partial charge in [-0.05, 0) is 38.2 Å². The second-order valence-corrected chi connectivity index (χ2v) is 3.75. The third kappa shape index (κ3) is 3.22. The molecule has 3 nitrogen and oxygen atoms in total. The van der Waals surface area contributed by atoms with E-state index in [1.807, 2.05) is 38.1 Å². The van der Waals surface area contributed by atoms with Crippen molar-refractivity contribution in [2.24, 2.45) is 0 Å². The molecule has 4 N–H and O–H groups in total. The van der Waals surface area contributed by atoms with E-state index in [1.54, 1.807) is 0 Å². The van der Waals surface area contributed by atoms with Gasteiger partial charge in [0.15, 0.2) is 5.11 Å². The van der Waals surface area contributed by atoms with Crippen LogP contribution in [-0.4, -0.2) is 11.2 Å². The van der Waals surface area contributed by atoms with E-state index < -0.39 is 0 Å². The van der Waals surface area contributed by atoms with Crippen molar-refractivity contribution in [2.75, 3.05) is 11.1 Å². The molecule has 0 radical (unpaired) electrons. The van der Waals surface area contributed by atoms with Gasteiger partial charge in [-0.2, -0.15) is 0 Å². The van der Waals surface area contributed by atoms with Gasteiger partial charge in [0.25, 0.3) is 0 Å². The smallest absolute Gasteiger partial charge is 0.171 e. The first-order valence-electron chi connectivity index (χ1n) is 4.51. The maximum Gasteiger partial charge on any atom is 0.171 e. The van der Waals surface area contributed by atoms with Crippen molar-refractivity contribution in [3.05, 3.63) is 24.3 Å². The van der Waals surface area contributed by atoms with Crippen LogP contribution in [-0.2, 0) is 0 Å². The minimum absolute atomic E-state index is 0.319. The predicted octanol–water partition coefficient (Wildman–Crippen LogP) is 1.96. The third-order valence-corrected chi connectivity index (χ3v) is 1.85. The molecule has 0 aliphatic heterocycles. The van der Waals surface area contributed by atoms with E-state index in [0.29, 0.717) is 16.8 Å². The molecule has 76 valence electrons. The van der Waals surface area contributed by atoms with Gasteiger partial charge in [0.05, 0.1) is 11.4 Å². The van der Waals surface area contributed by atoms with Gasteiger partial charge in [0.2, 0.25) is 0 Å². The highest BCUT2D eigenvalue weighted by Crippen LogP contribution is 2.16. The van der Waals surface area contributed by atoms with Gasteiger partial charge in [-0.3, -0.25) is 0 Å². The quantitative estimate of drug-likeness (QED) is 0.515. The standard InChI is InChI=1S/C10H15N3S/c1-7(2)12-10(14)13-9-6-4-3-5-8(9)11/h3-7H,11H2,1-2H3,(H2,12,13,14). The zero-order chi connectivity index (χ0) is 10.6. The van der Waals surface area contributed by atoms with Crippen LogP contribution in [0.25, 0.3) is 0 Å². The summed E-state index contributed by atoms with van der Waals surface area (Å²) in [6, 6.07) is 7.85. The Morgan fingerprint density at radius 3 is 2.57 bits per heavy atom. The Balaban J connectivity index is 2.61. The van der Waals surface area contributed by atoms with Gasteiger partial charge in [0, 0.05) is 6.04 Å². The molecule has 0 fully saturated rings. The molecule has 1 aromatic rings. The number of nitrogen functional groups attached to an aromatic ring is 1. The van der Waals surface area contributed by atoms with Crippen LogP contribution < -0.4 is 16.4 Å². The summed E-state index contributed by atoms with van der Waals surface area (Å²) in [6.45, 7) is 4.06. The summed E-state index contributed by atoms with van der Waals surface area (Å²) >= 11 is 5.09. The molecule has 0 saturated heterocycles. The van der Waals surface area contributed by atoms with Gasteiger partial charge >= 0.3 is 0 Å². The van der Waals surface area contributed by atoms with E-state index >= 15 is 0 Å². The highest BCUT2D eigenvalue weighted by atomic mass is 32.1. The van der Waals surface area contributed by atoms with E-state index in [9.17, 15) is 0 Å². The molecular weight excluding hydrogens is 194 g/mol. The Morgan fingerprint density at radius 2 is 2.00 bits per heavy atom. The SMILES string of the molecule is CC(C)NC(=S)Nc1ccccc1N. The summed E-state index contributed by atoms with van der Waals surface area (Å²) in [5.74, 6) is 0. The molecule has 0 spiro atoms. The van der Waals surface area contributed by atoms with Crippen LogP contribution in [0.1, 0.15) is 13.8 Å². The zero-order valence-corrected chi connectivity index (χ0v) is 9.19. The Kier molecular flexibility index (Phi) is 3.71. The Bertz CT molecular complexity index is 323. The van der Waals surface area contributed by atoms with Gasteiger partial charge < -0.3 is 16.4 Å². The maximum atomic E-state index is 5.75. The number of para-hydroxylation sites is 2. The molecule has 0 atom stereocenters. The highest BCUT2D eigenvalue weighted by Gasteiger charge is 2.01. The van der Waals surface area contributed by atoms with Gasteiger partial charge in [0.1, 0.15) is 0 Å². The van der Waals surface area contributed by atoms with Crippen LogP contribution in [0.4, 0.5) is 11.4 Å². The highest BCUT2D eigenvalue weighted by molar-refractivity contribution is 7.80.